The van der Waals surface area contributed by atoms with Crippen molar-refractivity contribution in [2.75, 3.05) is 0 Å². The normalized spacial score (nSPS) is 11.8. The fraction of sp³-hybridized carbons (Fsp3) is 0.100. The maximum absolute atomic E-state index is 13.3. The van der Waals surface area contributed by atoms with Gasteiger partial charge in [-0.05, 0) is 60.0 Å². The van der Waals surface area contributed by atoms with E-state index < -0.39 is 6.04 Å². The van der Waals surface area contributed by atoms with Crippen molar-refractivity contribution in [2.45, 2.75) is 23.4 Å². The van der Waals surface area contributed by atoms with Gasteiger partial charge in [-0.25, -0.2) is 0 Å². The summed E-state index contributed by atoms with van der Waals surface area (Å²) >= 11 is 20.5. The Labute approximate surface area is 246 Å². The first-order valence-corrected chi connectivity index (χ1v) is 14.3. The van der Waals surface area contributed by atoms with Gasteiger partial charge in [0.1, 0.15) is 0 Å². The molecule has 0 bridgehead atoms. The molecule has 5 rings (SSSR count). The van der Waals surface area contributed by atoms with E-state index in [1.165, 1.54) is 11.8 Å². The molecule has 0 spiro atoms. The minimum atomic E-state index is -0.513. The average Bonchev–Trinajstić information content (AvgIpc) is 3.36. The Balaban J connectivity index is 1.56. The Morgan fingerprint density at radius 2 is 1.44 bits per heavy atom. The molecule has 39 heavy (non-hydrogen) atoms. The number of amides is 1. The van der Waals surface area contributed by atoms with Crippen molar-refractivity contribution in [3.63, 3.8) is 0 Å². The highest BCUT2D eigenvalue weighted by atomic mass is 35.5. The first-order valence-electron chi connectivity index (χ1n) is 12.2. The van der Waals surface area contributed by atoms with Gasteiger partial charge in [0.2, 0.25) is 0 Å². The Kier molecular flexibility index (Phi) is 8.89. The van der Waals surface area contributed by atoms with E-state index in [9.17, 15) is 4.79 Å². The third kappa shape index (κ3) is 6.84. The first-order chi connectivity index (χ1) is 19.0. The zero-order chi connectivity index (χ0) is 27.2. The predicted molar refractivity (Wildman–Crippen MR) is 159 cm³/mol. The smallest absolute Gasteiger partial charge is 0.251 e. The van der Waals surface area contributed by atoms with Crippen molar-refractivity contribution in [1.29, 1.82) is 0 Å². The minimum absolute atomic E-state index is 0.247. The molecule has 9 heteroatoms. The molecule has 1 atom stereocenters. The Bertz CT molecular complexity index is 1560. The number of hydrogen-bond donors (Lipinski definition) is 1. The number of thioether (sulfide) groups is 1. The highest BCUT2D eigenvalue weighted by Gasteiger charge is 2.26. The average molecular weight is 594 g/mol. The number of benzene rings is 4. The molecular formula is C30H23Cl3N4OS. The van der Waals surface area contributed by atoms with Crippen LogP contribution in [0.15, 0.2) is 108 Å². The second-order valence-corrected chi connectivity index (χ2v) is 11.0. The van der Waals surface area contributed by atoms with Crippen molar-refractivity contribution in [2.24, 2.45) is 0 Å². The molecule has 0 aliphatic carbocycles. The summed E-state index contributed by atoms with van der Waals surface area (Å²) in [5, 5.41) is 14.5. The second kappa shape index (κ2) is 12.7. The number of nitrogens with zero attached hydrogens (tertiary/aromatic N) is 3. The Hall–Kier alpha value is -3.29. The van der Waals surface area contributed by atoms with Crippen LogP contribution in [-0.4, -0.2) is 20.7 Å². The van der Waals surface area contributed by atoms with Gasteiger partial charge in [0, 0.05) is 21.4 Å². The van der Waals surface area contributed by atoms with Crippen LogP contribution in [0.25, 0.3) is 5.69 Å². The molecule has 0 aliphatic heterocycles. The molecule has 5 nitrogen and oxygen atoms in total. The summed E-state index contributed by atoms with van der Waals surface area (Å²) in [4.78, 5) is 13.3. The van der Waals surface area contributed by atoms with Crippen LogP contribution in [0.3, 0.4) is 0 Å². The molecule has 1 heterocycles. The Morgan fingerprint density at radius 3 is 2.10 bits per heavy atom. The lowest BCUT2D eigenvalue weighted by Gasteiger charge is -2.21. The van der Waals surface area contributed by atoms with Crippen molar-refractivity contribution >= 4 is 52.5 Å². The SMILES string of the molecule is O=C(NC(Cc1ccccc1)c1nnc(SCc2ccccc2)n1-c1ccc(Cl)cc1Cl)c1ccc(Cl)cc1. The number of carbonyl (C=O) groups is 1. The number of halogens is 3. The summed E-state index contributed by atoms with van der Waals surface area (Å²) in [6, 6.07) is 31.6. The maximum Gasteiger partial charge on any atom is 0.251 e. The molecule has 1 unspecified atom stereocenters. The Morgan fingerprint density at radius 1 is 0.795 bits per heavy atom. The minimum Gasteiger partial charge on any atom is -0.342 e. The van der Waals surface area contributed by atoms with Gasteiger partial charge in [-0.15, -0.1) is 10.2 Å². The second-order valence-electron chi connectivity index (χ2n) is 8.77. The molecule has 0 saturated heterocycles. The lowest BCUT2D eigenvalue weighted by Crippen LogP contribution is -2.32. The highest BCUT2D eigenvalue weighted by molar-refractivity contribution is 7.98. The summed E-state index contributed by atoms with van der Waals surface area (Å²) in [5.41, 5.74) is 3.36. The number of carbonyl (C=O) groups excluding carboxylic acids is 1. The van der Waals surface area contributed by atoms with Crippen LogP contribution in [0.5, 0.6) is 0 Å². The van der Waals surface area contributed by atoms with E-state index in [0.717, 1.165) is 11.1 Å². The molecule has 1 amide bonds. The summed E-state index contributed by atoms with van der Waals surface area (Å²) in [7, 11) is 0. The molecule has 0 fully saturated rings. The summed E-state index contributed by atoms with van der Waals surface area (Å²) in [6.07, 6.45) is 0.493. The van der Waals surface area contributed by atoms with Crippen LogP contribution < -0.4 is 5.32 Å². The van der Waals surface area contributed by atoms with E-state index in [-0.39, 0.29) is 5.91 Å². The van der Waals surface area contributed by atoms with Crippen LogP contribution in [-0.2, 0) is 12.2 Å². The predicted octanol–water partition coefficient (Wildman–Crippen LogP) is 8.23. The molecule has 1 aromatic heterocycles. The molecule has 5 aromatic rings. The fourth-order valence-electron chi connectivity index (χ4n) is 4.11. The molecule has 0 saturated carbocycles. The molecule has 0 radical (unpaired) electrons. The van der Waals surface area contributed by atoms with Crippen LogP contribution in [0, 0.1) is 0 Å². The monoisotopic (exact) mass is 592 g/mol. The van der Waals surface area contributed by atoms with E-state index in [4.69, 9.17) is 34.8 Å². The highest BCUT2D eigenvalue weighted by Crippen LogP contribution is 2.33. The summed E-state index contributed by atoms with van der Waals surface area (Å²) < 4.78 is 1.90. The van der Waals surface area contributed by atoms with Crippen molar-refractivity contribution < 1.29 is 4.79 Å². The number of nitrogens with one attached hydrogen (secondary N) is 1. The van der Waals surface area contributed by atoms with Gasteiger partial charge in [0.25, 0.3) is 5.91 Å². The van der Waals surface area contributed by atoms with Gasteiger partial charge in [0.15, 0.2) is 11.0 Å². The largest absolute Gasteiger partial charge is 0.342 e. The summed E-state index contributed by atoms with van der Waals surface area (Å²) in [5.74, 6) is 0.994. The van der Waals surface area contributed by atoms with E-state index in [2.05, 4.69) is 27.6 Å². The third-order valence-electron chi connectivity index (χ3n) is 6.03. The van der Waals surface area contributed by atoms with Gasteiger partial charge < -0.3 is 5.32 Å². The van der Waals surface area contributed by atoms with E-state index in [1.807, 2.05) is 59.2 Å². The quantitative estimate of drug-likeness (QED) is 0.175. The first kappa shape index (κ1) is 27.3. The van der Waals surface area contributed by atoms with Gasteiger partial charge in [-0.1, -0.05) is 107 Å². The van der Waals surface area contributed by atoms with Gasteiger partial charge in [0.05, 0.1) is 16.8 Å². The van der Waals surface area contributed by atoms with Gasteiger partial charge in [-0.2, -0.15) is 0 Å². The number of hydrogen-bond acceptors (Lipinski definition) is 4. The van der Waals surface area contributed by atoms with Crippen LogP contribution in [0.4, 0.5) is 0 Å². The maximum atomic E-state index is 13.3. The topological polar surface area (TPSA) is 59.8 Å². The van der Waals surface area contributed by atoms with Gasteiger partial charge in [-0.3, -0.25) is 9.36 Å². The molecule has 196 valence electrons. The number of aromatic nitrogens is 3. The summed E-state index contributed by atoms with van der Waals surface area (Å²) in [6.45, 7) is 0. The zero-order valence-corrected chi connectivity index (χ0v) is 23.7. The van der Waals surface area contributed by atoms with Crippen LogP contribution in [0.1, 0.15) is 33.4 Å². The van der Waals surface area contributed by atoms with Crippen molar-refractivity contribution in [3.05, 3.63) is 141 Å². The van der Waals surface area contributed by atoms with Crippen molar-refractivity contribution in [1.82, 2.24) is 20.1 Å². The third-order valence-corrected chi connectivity index (χ3v) is 7.82. The molecular weight excluding hydrogens is 571 g/mol. The van der Waals surface area contributed by atoms with Crippen LogP contribution >= 0.6 is 46.6 Å². The van der Waals surface area contributed by atoms with Crippen LogP contribution in [0.2, 0.25) is 15.1 Å². The molecule has 0 aliphatic rings. The van der Waals surface area contributed by atoms with E-state index in [1.54, 1.807) is 36.4 Å². The fourth-order valence-corrected chi connectivity index (χ4v) is 5.64. The number of rotatable bonds is 9. The van der Waals surface area contributed by atoms with E-state index >= 15 is 0 Å². The lowest BCUT2D eigenvalue weighted by molar-refractivity contribution is 0.0934. The molecule has 1 N–H and O–H groups in total. The lowest BCUT2D eigenvalue weighted by atomic mass is 10.0. The van der Waals surface area contributed by atoms with E-state index in [0.29, 0.717) is 49.5 Å². The molecule has 4 aromatic carbocycles. The zero-order valence-electron chi connectivity index (χ0n) is 20.6. The van der Waals surface area contributed by atoms with Gasteiger partial charge >= 0.3 is 0 Å². The van der Waals surface area contributed by atoms with Crippen molar-refractivity contribution in [3.8, 4) is 5.69 Å². The standard InChI is InChI=1S/C30H23Cl3N4OS/c31-23-13-11-22(12-14-23)29(38)34-26(17-20-7-3-1-4-8-20)28-35-36-30(39-19-21-9-5-2-6-10-21)37(28)27-16-15-24(32)18-25(27)33/h1-16,18,26H,17,19H2,(H,34,38).